The van der Waals surface area contributed by atoms with Crippen LogP contribution in [0.5, 0.6) is 0 Å². The zero-order chi connectivity index (χ0) is 19.4. The molecule has 0 unspecified atom stereocenters. The van der Waals surface area contributed by atoms with Gasteiger partial charge in [-0.3, -0.25) is 9.48 Å². The van der Waals surface area contributed by atoms with Crippen LogP contribution in [0.1, 0.15) is 38.8 Å². The first-order valence-corrected chi connectivity index (χ1v) is 9.63. The van der Waals surface area contributed by atoms with Crippen LogP contribution in [0, 0.1) is 27.7 Å². The summed E-state index contributed by atoms with van der Waals surface area (Å²) in [6.45, 7) is 8.65. The molecule has 6 nitrogen and oxygen atoms in total. The van der Waals surface area contributed by atoms with Crippen molar-refractivity contribution < 1.29 is 4.79 Å². The fourth-order valence-corrected chi connectivity index (χ4v) is 3.52. The highest BCUT2D eigenvalue weighted by Gasteiger charge is 2.11. The summed E-state index contributed by atoms with van der Waals surface area (Å²) in [4.78, 5) is 16.3. The smallest absolute Gasteiger partial charge is 0.246 e. The van der Waals surface area contributed by atoms with E-state index in [9.17, 15) is 4.79 Å². The van der Waals surface area contributed by atoms with Gasteiger partial charge in [-0.15, -0.1) is 11.3 Å². The van der Waals surface area contributed by atoms with Crippen LogP contribution in [-0.4, -0.2) is 26.9 Å². The van der Waals surface area contributed by atoms with Gasteiger partial charge in [0.05, 0.1) is 24.9 Å². The lowest BCUT2D eigenvalue weighted by Gasteiger charge is -2.05. The van der Waals surface area contributed by atoms with E-state index in [0.717, 1.165) is 27.7 Å². The minimum Gasteiger partial charge on any atom is -0.273 e. The molecule has 27 heavy (non-hydrogen) atoms. The zero-order valence-corrected chi connectivity index (χ0v) is 16.8. The maximum absolute atomic E-state index is 12.0. The van der Waals surface area contributed by atoms with Crippen LogP contribution in [0.2, 0.25) is 0 Å². The first-order chi connectivity index (χ1) is 12.9. The highest BCUT2D eigenvalue weighted by atomic mass is 32.1. The maximum Gasteiger partial charge on any atom is 0.246 e. The molecule has 1 N–H and O–H groups in total. The number of nitrogens with one attached hydrogen (secondary N) is 1. The average molecular weight is 382 g/mol. The Morgan fingerprint density at radius 2 is 1.96 bits per heavy atom. The van der Waals surface area contributed by atoms with Gasteiger partial charge in [0.15, 0.2) is 0 Å². The monoisotopic (exact) mass is 381 g/mol. The van der Waals surface area contributed by atoms with Crippen molar-refractivity contribution in [2.24, 2.45) is 5.10 Å². The van der Waals surface area contributed by atoms with E-state index in [1.54, 1.807) is 6.21 Å². The van der Waals surface area contributed by atoms with E-state index in [1.807, 2.05) is 30.8 Å². The summed E-state index contributed by atoms with van der Waals surface area (Å²) in [5.74, 6) is -0.178. The number of benzene rings is 1. The molecule has 1 amide bonds. The molecule has 0 saturated carbocycles. The first kappa shape index (κ1) is 19.0. The van der Waals surface area contributed by atoms with Crippen LogP contribution < -0.4 is 5.43 Å². The molecule has 1 aromatic carbocycles. The first-order valence-electron chi connectivity index (χ1n) is 8.75. The Labute approximate surface area is 163 Å². The molecule has 0 fully saturated rings. The van der Waals surface area contributed by atoms with E-state index >= 15 is 0 Å². The molecule has 3 aromatic rings. The normalized spacial score (nSPS) is 11.3. The third kappa shape index (κ3) is 4.89. The number of hydrogen-bond donors (Lipinski definition) is 1. The Hall–Kier alpha value is -2.80. The lowest BCUT2D eigenvalue weighted by atomic mass is 10.1. The third-order valence-electron chi connectivity index (χ3n) is 4.25. The van der Waals surface area contributed by atoms with Crippen LogP contribution in [0.4, 0.5) is 0 Å². The minimum atomic E-state index is -0.178. The molecule has 0 aliphatic rings. The molecule has 0 radical (unpaired) electrons. The number of nitrogens with zero attached hydrogens (tertiary/aromatic N) is 4. The van der Waals surface area contributed by atoms with Crippen molar-refractivity contribution in [3.63, 3.8) is 0 Å². The molecule has 0 atom stereocenters. The summed E-state index contributed by atoms with van der Waals surface area (Å²) >= 11 is 1.48. The number of aryl methyl sites for hydroxylation is 3. The van der Waals surface area contributed by atoms with Crippen molar-refractivity contribution in [2.75, 3.05) is 0 Å². The van der Waals surface area contributed by atoms with Crippen LogP contribution >= 0.6 is 11.3 Å². The molecule has 140 valence electrons. The largest absolute Gasteiger partial charge is 0.273 e. The molecule has 2 aromatic heterocycles. The third-order valence-corrected chi connectivity index (χ3v) is 5.22. The Kier molecular flexibility index (Phi) is 5.81. The molecule has 0 spiro atoms. The summed E-state index contributed by atoms with van der Waals surface area (Å²) < 4.78 is 1.96. The number of hydrogen-bond acceptors (Lipinski definition) is 5. The van der Waals surface area contributed by atoms with Gasteiger partial charge in [-0.1, -0.05) is 29.8 Å². The lowest BCUT2D eigenvalue weighted by Crippen LogP contribution is -2.19. The number of hydrazone groups is 1. The molecule has 0 saturated heterocycles. The van der Waals surface area contributed by atoms with Crippen molar-refractivity contribution in [3.8, 4) is 0 Å². The van der Waals surface area contributed by atoms with Crippen molar-refractivity contribution in [1.29, 1.82) is 0 Å². The molecule has 2 heterocycles. The van der Waals surface area contributed by atoms with Crippen LogP contribution in [0.15, 0.2) is 34.7 Å². The summed E-state index contributed by atoms with van der Waals surface area (Å²) in [6.07, 6.45) is 1.90. The maximum atomic E-state index is 12.0. The standard InChI is InChI=1S/C20H23N5OS/c1-13-5-7-17(8-6-13)11-25-16(4)18(15(3)24-25)10-21-23-19(26)9-20-22-14(2)12-27-20/h5-8,10,12H,9,11H2,1-4H3,(H,23,26)/b21-10-. The van der Waals surface area contributed by atoms with Gasteiger partial charge in [-0.2, -0.15) is 10.2 Å². The summed E-state index contributed by atoms with van der Waals surface area (Å²) in [5.41, 5.74) is 8.75. The zero-order valence-electron chi connectivity index (χ0n) is 16.0. The lowest BCUT2D eigenvalue weighted by molar-refractivity contribution is -0.120. The average Bonchev–Trinajstić information content (AvgIpc) is 3.14. The SMILES string of the molecule is Cc1ccc(Cn2nc(C)c(/C=N\NC(=O)Cc3nc(C)cs3)c2C)cc1. The summed E-state index contributed by atoms with van der Waals surface area (Å²) in [7, 11) is 0. The molecule has 0 aliphatic heterocycles. The molecular formula is C20H23N5OS. The fraction of sp³-hybridized carbons (Fsp3) is 0.300. The number of amides is 1. The number of carbonyl (C=O) groups excluding carboxylic acids is 1. The quantitative estimate of drug-likeness (QED) is 0.526. The minimum absolute atomic E-state index is 0.178. The Bertz CT molecular complexity index is 969. The molecular weight excluding hydrogens is 358 g/mol. The predicted molar refractivity (Wildman–Crippen MR) is 108 cm³/mol. The van der Waals surface area contributed by atoms with Crippen molar-refractivity contribution in [1.82, 2.24) is 20.2 Å². The van der Waals surface area contributed by atoms with E-state index in [0.29, 0.717) is 6.54 Å². The van der Waals surface area contributed by atoms with Crippen LogP contribution in [0.3, 0.4) is 0 Å². The Morgan fingerprint density at radius 3 is 2.63 bits per heavy atom. The van der Waals surface area contributed by atoms with E-state index < -0.39 is 0 Å². The van der Waals surface area contributed by atoms with Crippen molar-refractivity contribution in [3.05, 3.63) is 68.4 Å². The Morgan fingerprint density at radius 1 is 1.22 bits per heavy atom. The van der Waals surface area contributed by atoms with Gasteiger partial charge in [0.25, 0.3) is 0 Å². The van der Waals surface area contributed by atoms with E-state index in [2.05, 4.69) is 51.8 Å². The molecule has 7 heteroatoms. The van der Waals surface area contributed by atoms with Gasteiger partial charge >= 0.3 is 0 Å². The number of aromatic nitrogens is 3. The van der Waals surface area contributed by atoms with E-state index in [-0.39, 0.29) is 12.3 Å². The second-order valence-electron chi connectivity index (χ2n) is 6.58. The van der Waals surface area contributed by atoms with Gasteiger partial charge < -0.3 is 0 Å². The van der Waals surface area contributed by atoms with Crippen LogP contribution in [0.25, 0.3) is 0 Å². The molecule has 0 aliphatic carbocycles. The Balaban J connectivity index is 1.64. The topological polar surface area (TPSA) is 72.2 Å². The molecule has 3 rings (SSSR count). The predicted octanol–water partition coefficient (Wildman–Crippen LogP) is 3.31. The second kappa shape index (κ2) is 8.26. The second-order valence-corrected chi connectivity index (χ2v) is 7.52. The number of thiazole rings is 1. The van der Waals surface area contributed by atoms with Crippen LogP contribution in [-0.2, 0) is 17.8 Å². The van der Waals surface area contributed by atoms with Gasteiger partial charge in [0.1, 0.15) is 5.01 Å². The fourth-order valence-electron chi connectivity index (χ4n) is 2.75. The van der Waals surface area contributed by atoms with Crippen molar-refractivity contribution >= 4 is 23.5 Å². The van der Waals surface area contributed by atoms with E-state index in [4.69, 9.17) is 0 Å². The van der Waals surface area contributed by atoms with Gasteiger partial charge in [-0.25, -0.2) is 10.4 Å². The summed E-state index contributed by atoms with van der Waals surface area (Å²) in [5, 5.41) is 11.4. The number of carbonyl (C=O) groups is 1. The number of rotatable bonds is 6. The van der Waals surface area contributed by atoms with Gasteiger partial charge in [-0.05, 0) is 33.3 Å². The summed E-state index contributed by atoms with van der Waals surface area (Å²) in [6, 6.07) is 8.42. The van der Waals surface area contributed by atoms with E-state index in [1.165, 1.54) is 22.5 Å². The highest BCUT2D eigenvalue weighted by molar-refractivity contribution is 7.09. The van der Waals surface area contributed by atoms with Gasteiger partial charge in [0, 0.05) is 22.3 Å². The highest BCUT2D eigenvalue weighted by Crippen LogP contribution is 2.13. The van der Waals surface area contributed by atoms with Crippen molar-refractivity contribution in [2.45, 2.75) is 40.7 Å². The molecule has 0 bridgehead atoms. The van der Waals surface area contributed by atoms with Gasteiger partial charge in [0.2, 0.25) is 5.91 Å².